The molecule has 2 aliphatic rings. The molecule has 26 heteroatoms. The van der Waals surface area contributed by atoms with Crippen molar-refractivity contribution in [3.63, 3.8) is 0 Å². The molecular weight excluding hydrogens is 1050 g/mol. The zero-order valence-electron chi connectivity index (χ0n) is 47.7. The number of hydrogen-bond donors (Lipinski definition) is 2. The first kappa shape index (κ1) is 63.7. The minimum absolute atomic E-state index is 0.0187. The van der Waals surface area contributed by atoms with E-state index in [9.17, 15) is 33.6 Å². The fourth-order valence-electron chi connectivity index (χ4n) is 9.48. The molecule has 0 bridgehead atoms. The van der Waals surface area contributed by atoms with Gasteiger partial charge in [0.25, 0.3) is 0 Å². The average Bonchev–Trinajstić information content (AvgIpc) is 4.12. The number of alkyl carbamates (subject to hydrolysis) is 1. The van der Waals surface area contributed by atoms with Crippen molar-refractivity contribution in [3.05, 3.63) is 37.2 Å². The van der Waals surface area contributed by atoms with Crippen LogP contribution >= 0.6 is 0 Å². The van der Waals surface area contributed by atoms with Crippen LogP contribution in [0.3, 0.4) is 0 Å². The Balaban J connectivity index is 0.000000302. The lowest BCUT2D eigenvalue weighted by molar-refractivity contribution is -0.145. The first-order chi connectivity index (χ1) is 38.8. The first-order valence-corrected chi connectivity index (χ1v) is 27.5. The van der Waals surface area contributed by atoms with Gasteiger partial charge in [0, 0.05) is 72.1 Å². The van der Waals surface area contributed by atoms with Gasteiger partial charge in [0.15, 0.2) is 11.3 Å². The van der Waals surface area contributed by atoms with Crippen LogP contribution in [0, 0.1) is 34.5 Å². The SMILES string of the molecule is C[C@@H]1CCN(C(=O)CC#N)C[C@@H]1N(C)c1ncnc2c1ccn2C(=O)OCCOC(=O)CCCCCN.C[C@@H]1CCN(C(=O)CC#N)C[C@@H]1N(C)c1ncnc2c1ccn2C(=O)OCCOC(=O)CCCCCNC(=O)OC(C)(C)C. The van der Waals surface area contributed by atoms with Crippen LogP contribution in [0.25, 0.3) is 22.1 Å². The van der Waals surface area contributed by atoms with E-state index in [1.165, 1.54) is 21.8 Å². The standard InChI is InChI=1S/C30H43N7O7.C25H35N7O5/c1-21-11-15-36(24(38)10-13-31)19-23(21)35(5)26-22-12-16-37(27(22)34-20-33-26)29(41)43-18-17-42-25(39)9-7-6-8-14-32-28(40)44-30(2,3)4;1-18-8-12-31(21(33)7-11-27)16-20(18)30(2)23-19-9-13-32(24(19)29-17-28-23)25(35)37-15-14-36-22(34)6-4-3-5-10-26/h12,16,20-21,23H,6-11,14-15,17-19H2,1-5H3,(H,32,40);9,13,17-18,20H,3-8,10,12,14-16,26H2,1-2H3/t21-,23+;18-,20+/m11/s1. The van der Waals surface area contributed by atoms with Gasteiger partial charge in [-0.15, -0.1) is 0 Å². The van der Waals surface area contributed by atoms with Gasteiger partial charge < -0.3 is 54.3 Å². The molecule has 0 spiro atoms. The number of carbonyl (C=O) groups is 7. The summed E-state index contributed by atoms with van der Waals surface area (Å²) in [6.07, 6.45) is 10.5. The third-order valence-corrected chi connectivity index (χ3v) is 13.9. The predicted molar refractivity (Wildman–Crippen MR) is 296 cm³/mol. The molecule has 2 fully saturated rings. The molecule has 0 saturated carbocycles. The number of fused-ring (bicyclic) bond motifs is 2. The Labute approximate surface area is 472 Å². The molecule has 0 aliphatic carbocycles. The highest BCUT2D eigenvalue weighted by Crippen LogP contribution is 2.32. The van der Waals surface area contributed by atoms with E-state index in [4.69, 9.17) is 39.9 Å². The Morgan fingerprint density at radius 1 is 0.654 bits per heavy atom. The molecule has 4 atom stereocenters. The van der Waals surface area contributed by atoms with E-state index in [1.807, 2.05) is 36.0 Å². The molecule has 2 saturated heterocycles. The predicted octanol–water partition coefficient (Wildman–Crippen LogP) is 5.70. The second kappa shape index (κ2) is 31.6. The van der Waals surface area contributed by atoms with E-state index in [2.05, 4.69) is 39.1 Å². The fourth-order valence-corrected chi connectivity index (χ4v) is 9.48. The number of anilines is 2. The second-order valence-electron chi connectivity index (χ2n) is 21.0. The summed E-state index contributed by atoms with van der Waals surface area (Å²) in [5.41, 5.74) is 5.64. The van der Waals surface area contributed by atoms with Crippen molar-refractivity contribution in [2.75, 3.05) is 89.6 Å². The number of esters is 2. The Morgan fingerprint density at radius 3 is 1.51 bits per heavy atom. The van der Waals surface area contributed by atoms with E-state index in [-0.39, 0.29) is 87.4 Å². The van der Waals surface area contributed by atoms with Crippen molar-refractivity contribution in [2.45, 2.75) is 129 Å². The summed E-state index contributed by atoms with van der Waals surface area (Å²) >= 11 is 0. The summed E-state index contributed by atoms with van der Waals surface area (Å²) < 4.78 is 28.6. The molecule has 440 valence electrons. The molecule has 3 N–H and O–H groups in total. The van der Waals surface area contributed by atoms with E-state index < -0.39 is 29.9 Å². The quantitative estimate of drug-likeness (QED) is 0.0511. The van der Waals surface area contributed by atoms with Gasteiger partial charge in [0.2, 0.25) is 11.8 Å². The molecule has 0 radical (unpaired) electrons. The third kappa shape index (κ3) is 19.0. The summed E-state index contributed by atoms with van der Waals surface area (Å²) in [5, 5.41) is 21.8. The summed E-state index contributed by atoms with van der Waals surface area (Å²) in [5.74, 6) is 0.724. The van der Waals surface area contributed by atoms with Gasteiger partial charge in [-0.25, -0.2) is 43.5 Å². The molecule has 4 aromatic rings. The Kier molecular flexibility index (Phi) is 24.9. The van der Waals surface area contributed by atoms with E-state index >= 15 is 0 Å². The molecule has 81 heavy (non-hydrogen) atoms. The zero-order valence-corrected chi connectivity index (χ0v) is 47.7. The first-order valence-electron chi connectivity index (χ1n) is 27.5. The maximum absolute atomic E-state index is 12.8. The number of likely N-dealkylation sites (N-methyl/N-ethyl adjacent to an activating group) is 2. The van der Waals surface area contributed by atoms with Crippen LogP contribution in [-0.4, -0.2) is 178 Å². The number of unbranched alkanes of at least 4 members (excludes halogenated alkanes) is 4. The summed E-state index contributed by atoms with van der Waals surface area (Å²) in [6, 6.07) is 7.27. The number of carbonyl (C=O) groups excluding carboxylic acids is 7. The number of aromatic nitrogens is 6. The minimum Gasteiger partial charge on any atom is -0.462 e. The number of nitrogens with zero attached hydrogens (tertiary/aromatic N) is 12. The van der Waals surface area contributed by atoms with Crippen molar-refractivity contribution in [1.82, 2.24) is 44.2 Å². The van der Waals surface area contributed by atoms with Gasteiger partial charge in [-0.2, -0.15) is 10.5 Å². The van der Waals surface area contributed by atoms with Crippen LogP contribution < -0.4 is 20.9 Å². The Bertz CT molecular complexity index is 2850. The molecule has 26 nitrogen and oxygen atoms in total. The van der Waals surface area contributed by atoms with Crippen LogP contribution in [0.4, 0.5) is 26.0 Å². The molecule has 6 heterocycles. The second-order valence-corrected chi connectivity index (χ2v) is 21.0. The number of ether oxygens (including phenoxy) is 5. The maximum Gasteiger partial charge on any atom is 0.419 e. The lowest BCUT2D eigenvalue weighted by Gasteiger charge is -2.42. The van der Waals surface area contributed by atoms with E-state index in [0.29, 0.717) is 92.2 Å². The summed E-state index contributed by atoms with van der Waals surface area (Å²) in [6.45, 7) is 12.6. The average molecular weight is 1130 g/mol. The molecule has 3 amide bonds. The summed E-state index contributed by atoms with van der Waals surface area (Å²) in [7, 11) is 3.80. The van der Waals surface area contributed by atoms with Gasteiger partial charge in [0.05, 0.1) is 35.0 Å². The topological polar surface area (TPSA) is 326 Å². The van der Waals surface area contributed by atoms with Crippen LogP contribution in [-0.2, 0) is 42.9 Å². The number of nitriles is 2. The zero-order chi connectivity index (χ0) is 59.1. The molecule has 0 aromatic carbocycles. The lowest BCUT2D eigenvalue weighted by atomic mass is 9.92. The van der Waals surface area contributed by atoms with Crippen molar-refractivity contribution >= 4 is 75.7 Å². The number of amides is 3. The number of nitrogens with one attached hydrogen (secondary N) is 1. The van der Waals surface area contributed by atoms with Crippen molar-refractivity contribution < 1.29 is 57.2 Å². The van der Waals surface area contributed by atoms with Crippen LogP contribution in [0.1, 0.15) is 112 Å². The Hall–Kier alpha value is -8.13. The molecule has 6 rings (SSSR count). The number of nitrogens with two attached hydrogens (primary N) is 1. The van der Waals surface area contributed by atoms with Crippen molar-refractivity contribution in [2.24, 2.45) is 17.6 Å². The number of piperidine rings is 2. The monoisotopic (exact) mass is 1130 g/mol. The van der Waals surface area contributed by atoms with Crippen LogP contribution in [0.2, 0.25) is 0 Å². The van der Waals surface area contributed by atoms with Crippen molar-refractivity contribution in [1.29, 1.82) is 10.5 Å². The number of hydrogen-bond acceptors (Lipinski definition) is 21. The highest BCUT2D eigenvalue weighted by atomic mass is 16.6. The highest BCUT2D eigenvalue weighted by Gasteiger charge is 2.35. The Morgan fingerprint density at radius 2 is 1.09 bits per heavy atom. The number of likely N-dealkylation sites (tertiary alicyclic amines) is 2. The minimum atomic E-state index is -0.667. The van der Waals surface area contributed by atoms with E-state index in [1.54, 1.807) is 55.1 Å². The molecule has 0 unspecified atom stereocenters. The fraction of sp³-hybridized carbons (Fsp3) is 0.618. The van der Waals surface area contributed by atoms with E-state index in [0.717, 1.165) is 38.5 Å². The third-order valence-electron chi connectivity index (χ3n) is 13.9. The normalized spacial score (nSPS) is 16.9. The van der Waals surface area contributed by atoms with Gasteiger partial charge in [-0.1, -0.05) is 26.7 Å². The highest BCUT2D eigenvalue weighted by molar-refractivity contribution is 5.94. The smallest absolute Gasteiger partial charge is 0.419 e. The summed E-state index contributed by atoms with van der Waals surface area (Å²) in [4.78, 5) is 110. The van der Waals surface area contributed by atoms with Gasteiger partial charge in [-0.3, -0.25) is 19.2 Å². The largest absolute Gasteiger partial charge is 0.462 e. The van der Waals surface area contributed by atoms with Gasteiger partial charge in [-0.05, 0) is 89.8 Å². The molecule has 2 aliphatic heterocycles. The molecule has 4 aromatic heterocycles. The number of rotatable bonds is 23. The van der Waals surface area contributed by atoms with Gasteiger partial charge in [0.1, 0.15) is 69.2 Å². The van der Waals surface area contributed by atoms with Crippen molar-refractivity contribution in [3.8, 4) is 12.1 Å². The molecular formula is C55H78N14O12. The maximum atomic E-state index is 12.8. The lowest BCUT2D eigenvalue weighted by Crippen LogP contribution is -2.52. The van der Waals surface area contributed by atoms with Gasteiger partial charge >= 0.3 is 30.2 Å². The van der Waals surface area contributed by atoms with Crippen LogP contribution in [0.15, 0.2) is 37.2 Å². The van der Waals surface area contributed by atoms with Crippen LogP contribution in [0.5, 0.6) is 0 Å².